The van der Waals surface area contributed by atoms with Crippen LogP contribution in [0, 0.1) is 22.3 Å². The molecule has 1 rings (SSSR count). The van der Waals surface area contributed by atoms with Crippen molar-refractivity contribution in [3.05, 3.63) is 56.9 Å². The SMILES string of the molecule is CN=C(C)C(C)(C)[N-]c1c(C(C)C)cccc1C(C)C.[CH3-].[CH3-].[CH3-].[Hf+4]. The summed E-state index contributed by atoms with van der Waals surface area (Å²) < 4.78 is 0. The van der Waals surface area contributed by atoms with Gasteiger partial charge in [0.05, 0.1) is 0 Å². The number of hydrogen-bond donors (Lipinski definition) is 0. The van der Waals surface area contributed by atoms with Gasteiger partial charge in [0.15, 0.2) is 0 Å². The molecule has 0 aliphatic carbocycles. The quantitative estimate of drug-likeness (QED) is 0.235. The minimum absolute atomic E-state index is 0. The molecule has 0 heterocycles. The zero-order valence-electron chi connectivity index (χ0n) is 17.8. The molecule has 0 saturated heterocycles. The van der Waals surface area contributed by atoms with Crippen LogP contribution in [0.15, 0.2) is 23.2 Å². The molecule has 24 heavy (non-hydrogen) atoms. The van der Waals surface area contributed by atoms with Gasteiger partial charge in [-0.1, -0.05) is 76.4 Å². The summed E-state index contributed by atoms with van der Waals surface area (Å²) in [5, 5.41) is 5.07. The van der Waals surface area contributed by atoms with Gasteiger partial charge < -0.3 is 27.6 Å². The average molecular weight is 497 g/mol. The Hall–Kier alpha value is -0.440. The van der Waals surface area contributed by atoms with Crippen molar-refractivity contribution < 1.29 is 25.8 Å². The van der Waals surface area contributed by atoms with Crippen LogP contribution in [-0.2, 0) is 25.8 Å². The fraction of sp³-hybridized carbons (Fsp3) is 0.524. The molecule has 0 aliphatic heterocycles. The van der Waals surface area contributed by atoms with Gasteiger partial charge in [-0.15, -0.1) is 5.69 Å². The Bertz CT molecular complexity index is 462. The van der Waals surface area contributed by atoms with Crippen LogP contribution >= 0.6 is 0 Å². The van der Waals surface area contributed by atoms with E-state index in [4.69, 9.17) is 5.32 Å². The zero-order chi connectivity index (χ0) is 15.5. The van der Waals surface area contributed by atoms with Crippen LogP contribution in [0.2, 0.25) is 0 Å². The van der Waals surface area contributed by atoms with Crippen LogP contribution in [0.5, 0.6) is 0 Å². The molecule has 2 nitrogen and oxygen atoms in total. The maximum absolute atomic E-state index is 5.07. The molecule has 0 N–H and O–H groups in total. The Balaban J connectivity index is -0.000000500. The molecule has 0 spiro atoms. The van der Waals surface area contributed by atoms with E-state index in [1.54, 1.807) is 0 Å². The van der Waals surface area contributed by atoms with E-state index in [0.717, 1.165) is 11.4 Å². The van der Waals surface area contributed by atoms with E-state index in [9.17, 15) is 0 Å². The van der Waals surface area contributed by atoms with Crippen molar-refractivity contribution in [3.8, 4) is 0 Å². The van der Waals surface area contributed by atoms with Crippen molar-refractivity contribution in [3.63, 3.8) is 0 Å². The molecule has 0 aromatic heterocycles. The molecular formula is C21H38HfN2. The number of nitrogens with zero attached hydrogens (tertiary/aromatic N) is 2. The summed E-state index contributed by atoms with van der Waals surface area (Å²) in [7, 11) is 1.84. The Morgan fingerprint density at radius 1 is 0.958 bits per heavy atom. The van der Waals surface area contributed by atoms with Crippen molar-refractivity contribution in [2.75, 3.05) is 7.05 Å². The van der Waals surface area contributed by atoms with Gasteiger partial charge >= 0.3 is 25.8 Å². The number of aliphatic imine (C=N–C) groups is 1. The van der Waals surface area contributed by atoms with Gasteiger partial charge in [-0.25, -0.2) is 0 Å². The maximum atomic E-state index is 5.07. The number of benzene rings is 1. The molecule has 3 heteroatoms. The summed E-state index contributed by atoms with van der Waals surface area (Å²) in [4.78, 5) is 4.33. The predicted molar refractivity (Wildman–Crippen MR) is 110 cm³/mol. The largest absolute Gasteiger partial charge is 4.00 e. The molecule has 0 amide bonds. The monoisotopic (exact) mass is 498 g/mol. The van der Waals surface area contributed by atoms with Crippen LogP contribution in [0.25, 0.3) is 5.32 Å². The summed E-state index contributed by atoms with van der Waals surface area (Å²) in [6.07, 6.45) is 0. The first-order valence-electron chi connectivity index (χ1n) is 7.50. The molecule has 0 atom stereocenters. The summed E-state index contributed by atoms with van der Waals surface area (Å²) in [5.41, 5.74) is 4.61. The van der Waals surface area contributed by atoms with Crippen molar-refractivity contribution in [2.45, 2.75) is 65.8 Å². The van der Waals surface area contributed by atoms with Gasteiger partial charge in [0.2, 0.25) is 0 Å². The van der Waals surface area contributed by atoms with Crippen molar-refractivity contribution in [2.24, 2.45) is 4.99 Å². The second-order valence-electron chi connectivity index (χ2n) is 6.57. The van der Waals surface area contributed by atoms with Gasteiger partial charge in [-0.3, -0.25) is 4.99 Å². The van der Waals surface area contributed by atoms with Crippen LogP contribution < -0.4 is 0 Å². The Morgan fingerprint density at radius 2 is 1.33 bits per heavy atom. The summed E-state index contributed by atoms with van der Waals surface area (Å²) in [6, 6.07) is 6.55. The van der Waals surface area contributed by atoms with E-state index in [1.165, 1.54) is 11.1 Å². The maximum Gasteiger partial charge on any atom is 4.00 e. The third kappa shape index (κ3) is 7.63. The van der Waals surface area contributed by atoms with E-state index in [2.05, 4.69) is 71.7 Å². The van der Waals surface area contributed by atoms with Gasteiger partial charge in [-0.05, 0) is 24.5 Å². The summed E-state index contributed by atoms with van der Waals surface area (Å²) in [6.45, 7) is 15.2. The standard InChI is InChI=1S/C18H29N2.3CH3.Hf/c1-12(2)15-10-9-11-16(13(3)4)17(15)20-18(6,7)14(5)19-8;;;;/h9-13H,1-8H3;3*1H3;/q4*-1;+4. The van der Waals surface area contributed by atoms with Gasteiger partial charge in [0.25, 0.3) is 0 Å². The third-order valence-corrected chi connectivity index (χ3v) is 3.95. The Morgan fingerprint density at radius 3 is 1.62 bits per heavy atom. The average Bonchev–Trinajstić information content (AvgIpc) is 2.36. The predicted octanol–water partition coefficient (Wildman–Crippen LogP) is 7.16. The third-order valence-electron chi connectivity index (χ3n) is 3.95. The van der Waals surface area contributed by atoms with E-state index < -0.39 is 0 Å². The zero-order valence-corrected chi connectivity index (χ0v) is 21.4. The van der Waals surface area contributed by atoms with Crippen LogP contribution in [0.3, 0.4) is 0 Å². The van der Waals surface area contributed by atoms with Crippen molar-refractivity contribution in [1.82, 2.24) is 0 Å². The second kappa shape index (κ2) is 12.9. The molecule has 1 aromatic rings. The Labute approximate surface area is 171 Å². The Kier molecular flexibility index (Phi) is 16.8. The first-order valence-corrected chi connectivity index (χ1v) is 7.50. The second-order valence-corrected chi connectivity index (χ2v) is 6.57. The summed E-state index contributed by atoms with van der Waals surface area (Å²) in [5.74, 6) is 0.948. The fourth-order valence-corrected chi connectivity index (χ4v) is 2.27. The fourth-order valence-electron chi connectivity index (χ4n) is 2.27. The van der Waals surface area contributed by atoms with E-state index in [0.29, 0.717) is 11.8 Å². The number of para-hydroxylation sites is 1. The van der Waals surface area contributed by atoms with Crippen LogP contribution in [0.4, 0.5) is 5.69 Å². The first kappa shape index (κ1) is 31.3. The molecule has 0 radical (unpaired) electrons. The van der Waals surface area contributed by atoms with Crippen molar-refractivity contribution >= 4 is 11.4 Å². The molecule has 0 aliphatic rings. The van der Waals surface area contributed by atoms with Crippen LogP contribution in [-0.4, -0.2) is 18.3 Å². The molecule has 0 saturated carbocycles. The summed E-state index contributed by atoms with van der Waals surface area (Å²) >= 11 is 0. The van der Waals surface area contributed by atoms with E-state index in [1.807, 2.05) is 7.05 Å². The molecule has 1 aromatic carbocycles. The normalized spacial score (nSPS) is 11.0. The molecule has 0 fully saturated rings. The number of hydrogen-bond acceptors (Lipinski definition) is 1. The van der Waals surface area contributed by atoms with Gasteiger partial charge in [0, 0.05) is 7.05 Å². The minimum atomic E-state index is -0.261. The van der Waals surface area contributed by atoms with Crippen LogP contribution in [0.1, 0.15) is 71.4 Å². The van der Waals surface area contributed by atoms with E-state index >= 15 is 0 Å². The van der Waals surface area contributed by atoms with Gasteiger partial charge in [0.1, 0.15) is 0 Å². The molecular weight excluding hydrogens is 459 g/mol. The van der Waals surface area contributed by atoms with Gasteiger partial charge in [-0.2, -0.15) is 0 Å². The molecule has 136 valence electrons. The van der Waals surface area contributed by atoms with Crippen molar-refractivity contribution in [1.29, 1.82) is 0 Å². The van der Waals surface area contributed by atoms with E-state index in [-0.39, 0.29) is 53.7 Å². The molecule has 0 unspecified atom stereocenters. The smallest absolute Gasteiger partial charge is 0.674 e. The number of rotatable bonds is 5. The topological polar surface area (TPSA) is 26.5 Å². The molecule has 0 bridgehead atoms. The minimum Gasteiger partial charge on any atom is -0.674 e. The first-order chi connectivity index (χ1) is 9.20.